The molecule has 0 radical (unpaired) electrons. The SMILES string of the molecule is O=C(Cc1cccs1)N1CCO[C@H](c2ncc(Cc3ccc(F)cc3)o2)C1. The van der Waals surface area contributed by atoms with Gasteiger partial charge in [0.2, 0.25) is 11.8 Å². The van der Waals surface area contributed by atoms with Crippen molar-refractivity contribution < 1.29 is 18.3 Å². The monoisotopic (exact) mass is 386 g/mol. The number of rotatable bonds is 5. The number of nitrogens with zero attached hydrogens (tertiary/aromatic N) is 2. The summed E-state index contributed by atoms with van der Waals surface area (Å²) in [6, 6.07) is 10.2. The molecule has 0 aliphatic carbocycles. The molecule has 1 aliphatic heterocycles. The van der Waals surface area contributed by atoms with Crippen LogP contribution in [0.5, 0.6) is 0 Å². The first kappa shape index (κ1) is 17.9. The third kappa shape index (κ3) is 4.43. The van der Waals surface area contributed by atoms with Gasteiger partial charge in [-0.25, -0.2) is 9.37 Å². The molecule has 1 atom stereocenters. The maximum absolute atomic E-state index is 13.0. The lowest BCUT2D eigenvalue weighted by Gasteiger charge is -2.31. The molecule has 0 bridgehead atoms. The third-order valence-electron chi connectivity index (χ3n) is 4.46. The standard InChI is InChI=1S/C20H19FN2O3S/c21-15-5-3-14(4-6-15)10-16-12-22-20(26-16)18-13-23(7-8-25-18)19(24)11-17-2-1-9-27-17/h1-6,9,12,18H,7-8,10-11,13H2/t18-/m0/s1. The second-order valence-corrected chi connectivity index (χ2v) is 7.46. The summed E-state index contributed by atoms with van der Waals surface area (Å²) < 4.78 is 24.6. The van der Waals surface area contributed by atoms with Crippen LogP contribution in [0.1, 0.15) is 28.2 Å². The largest absolute Gasteiger partial charge is 0.442 e. The van der Waals surface area contributed by atoms with Crippen LogP contribution in [0.15, 0.2) is 52.4 Å². The number of aromatic nitrogens is 1. The topological polar surface area (TPSA) is 55.6 Å². The fraction of sp³-hybridized carbons (Fsp3) is 0.300. The van der Waals surface area contributed by atoms with Gasteiger partial charge in [0, 0.05) is 17.8 Å². The Bertz CT molecular complexity index is 892. The molecule has 140 valence electrons. The predicted octanol–water partition coefficient (Wildman–Crippen LogP) is 3.61. The Kier molecular flexibility index (Phi) is 5.31. The molecule has 3 heterocycles. The zero-order valence-electron chi connectivity index (χ0n) is 14.6. The van der Waals surface area contributed by atoms with E-state index in [2.05, 4.69) is 4.98 Å². The lowest BCUT2D eigenvalue weighted by molar-refractivity contribution is -0.139. The van der Waals surface area contributed by atoms with E-state index in [1.165, 1.54) is 12.1 Å². The van der Waals surface area contributed by atoms with E-state index in [0.717, 1.165) is 10.4 Å². The first-order valence-corrected chi connectivity index (χ1v) is 9.66. The number of hydrogen-bond acceptors (Lipinski definition) is 5. The van der Waals surface area contributed by atoms with Gasteiger partial charge in [-0.15, -0.1) is 11.3 Å². The summed E-state index contributed by atoms with van der Waals surface area (Å²) in [6.45, 7) is 1.46. The minimum absolute atomic E-state index is 0.0869. The van der Waals surface area contributed by atoms with E-state index in [-0.39, 0.29) is 17.8 Å². The molecule has 7 heteroatoms. The number of halogens is 1. The quantitative estimate of drug-likeness (QED) is 0.672. The molecule has 1 fully saturated rings. The number of thiophene rings is 1. The molecule has 0 N–H and O–H groups in total. The molecule has 0 spiro atoms. The van der Waals surface area contributed by atoms with Gasteiger partial charge < -0.3 is 14.1 Å². The van der Waals surface area contributed by atoms with Crippen LogP contribution in [0.3, 0.4) is 0 Å². The number of benzene rings is 1. The molecular formula is C20H19FN2O3S. The molecule has 0 unspecified atom stereocenters. The van der Waals surface area contributed by atoms with E-state index < -0.39 is 0 Å². The van der Waals surface area contributed by atoms with Crippen molar-refractivity contribution in [3.05, 3.63) is 75.9 Å². The van der Waals surface area contributed by atoms with Gasteiger partial charge in [-0.1, -0.05) is 18.2 Å². The first-order chi connectivity index (χ1) is 13.2. The highest BCUT2D eigenvalue weighted by molar-refractivity contribution is 7.10. The maximum Gasteiger partial charge on any atom is 0.228 e. The number of oxazole rings is 1. The van der Waals surface area contributed by atoms with Crippen molar-refractivity contribution in [3.8, 4) is 0 Å². The number of morpholine rings is 1. The summed E-state index contributed by atoms with van der Waals surface area (Å²) in [5, 5.41) is 1.97. The Morgan fingerprint density at radius 3 is 2.93 bits per heavy atom. The summed E-state index contributed by atoms with van der Waals surface area (Å²) in [5.74, 6) is 0.978. The van der Waals surface area contributed by atoms with Crippen LogP contribution in [0.4, 0.5) is 4.39 Å². The lowest BCUT2D eigenvalue weighted by Crippen LogP contribution is -2.43. The zero-order valence-corrected chi connectivity index (χ0v) is 15.5. The van der Waals surface area contributed by atoms with Crippen molar-refractivity contribution in [2.75, 3.05) is 19.7 Å². The average molecular weight is 386 g/mol. The third-order valence-corrected chi connectivity index (χ3v) is 5.34. The molecule has 27 heavy (non-hydrogen) atoms. The molecule has 1 aromatic carbocycles. The Balaban J connectivity index is 1.39. The highest BCUT2D eigenvalue weighted by Crippen LogP contribution is 2.24. The summed E-state index contributed by atoms with van der Waals surface area (Å²) >= 11 is 1.58. The maximum atomic E-state index is 13.0. The Morgan fingerprint density at radius 1 is 1.30 bits per heavy atom. The smallest absolute Gasteiger partial charge is 0.228 e. The minimum atomic E-state index is -0.368. The van der Waals surface area contributed by atoms with Crippen LogP contribution in [0.2, 0.25) is 0 Å². The molecule has 1 saturated heterocycles. The van der Waals surface area contributed by atoms with Crippen molar-refractivity contribution in [1.82, 2.24) is 9.88 Å². The van der Waals surface area contributed by atoms with E-state index in [1.54, 1.807) is 34.6 Å². The van der Waals surface area contributed by atoms with Gasteiger partial charge in [0.25, 0.3) is 0 Å². The van der Waals surface area contributed by atoms with Gasteiger partial charge in [0.1, 0.15) is 11.6 Å². The van der Waals surface area contributed by atoms with E-state index in [9.17, 15) is 9.18 Å². The van der Waals surface area contributed by atoms with Crippen LogP contribution in [-0.2, 0) is 22.4 Å². The molecule has 0 saturated carbocycles. The van der Waals surface area contributed by atoms with E-state index in [4.69, 9.17) is 9.15 Å². The predicted molar refractivity (Wildman–Crippen MR) is 99.0 cm³/mol. The summed E-state index contributed by atoms with van der Waals surface area (Å²) in [4.78, 5) is 19.7. The lowest BCUT2D eigenvalue weighted by atomic mass is 10.1. The van der Waals surface area contributed by atoms with Crippen molar-refractivity contribution in [2.45, 2.75) is 18.9 Å². The van der Waals surface area contributed by atoms with Crippen molar-refractivity contribution in [3.63, 3.8) is 0 Å². The van der Waals surface area contributed by atoms with E-state index in [0.29, 0.717) is 44.2 Å². The highest BCUT2D eigenvalue weighted by Gasteiger charge is 2.28. The molecule has 1 aliphatic rings. The molecule has 5 nitrogen and oxygen atoms in total. The number of ether oxygens (including phenoxy) is 1. The normalized spacial score (nSPS) is 17.2. The first-order valence-electron chi connectivity index (χ1n) is 8.78. The van der Waals surface area contributed by atoms with Crippen molar-refractivity contribution >= 4 is 17.2 Å². The van der Waals surface area contributed by atoms with Crippen LogP contribution < -0.4 is 0 Å². The Labute approximate surface area is 160 Å². The zero-order chi connectivity index (χ0) is 18.6. The number of amides is 1. The van der Waals surface area contributed by atoms with Gasteiger partial charge in [0.15, 0.2) is 6.10 Å². The van der Waals surface area contributed by atoms with Crippen LogP contribution in [0, 0.1) is 5.82 Å². The number of carbonyl (C=O) groups is 1. The number of hydrogen-bond donors (Lipinski definition) is 0. The van der Waals surface area contributed by atoms with Crippen LogP contribution in [0.25, 0.3) is 0 Å². The second-order valence-electron chi connectivity index (χ2n) is 6.42. The molecule has 4 rings (SSSR count). The number of carbonyl (C=O) groups excluding carboxylic acids is 1. The van der Waals surface area contributed by atoms with Gasteiger partial charge >= 0.3 is 0 Å². The molecule has 1 amide bonds. The average Bonchev–Trinajstić information content (AvgIpc) is 3.36. The van der Waals surface area contributed by atoms with Crippen molar-refractivity contribution in [2.24, 2.45) is 0 Å². The van der Waals surface area contributed by atoms with Gasteiger partial charge in [-0.05, 0) is 29.1 Å². The van der Waals surface area contributed by atoms with Gasteiger partial charge in [-0.3, -0.25) is 4.79 Å². The summed E-state index contributed by atoms with van der Waals surface area (Å²) in [5.41, 5.74) is 0.941. The van der Waals surface area contributed by atoms with Crippen LogP contribution in [-0.4, -0.2) is 35.5 Å². The second kappa shape index (κ2) is 8.02. The van der Waals surface area contributed by atoms with Gasteiger partial charge in [0.05, 0.1) is 25.8 Å². The summed E-state index contributed by atoms with van der Waals surface area (Å²) in [6.07, 6.45) is 2.23. The molecule has 3 aromatic rings. The molecular weight excluding hydrogens is 367 g/mol. The van der Waals surface area contributed by atoms with Crippen LogP contribution >= 0.6 is 11.3 Å². The minimum Gasteiger partial charge on any atom is -0.442 e. The van der Waals surface area contributed by atoms with Crippen molar-refractivity contribution in [1.29, 1.82) is 0 Å². The van der Waals surface area contributed by atoms with Gasteiger partial charge in [-0.2, -0.15) is 0 Å². The Morgan fingerprint density at radius 2 is 2.15 bits per heavy atom. The summed E-state index contributed by atoms with van der Waals surface area (Å²) in [7, 11) is 0. The highest BCUT2D eigenvalue weighted by atomic mass is 32.1. The fourth-order valence-corrected chi connectivity index (χ4v) is 3.75. The Hall–Kier alpha value is -2.51. The van der Waals surface area contributed by atoms with E-state index >= 15 is 0 Å². The molecule has 2 aromatic heterocycles. The van der Waals surface area contributed by atoms with E-state index in [1.807, 2.05) is 17.5 Å². The fourth-order valence-electron chi connectivity index (χ4n) is 3.06.